The summed E-state index contributed by atoms with van der Waals surface area (Å²) >= 11 is 0. The normalized spacial score (nSPS) is 12.3. The molecule has 1 amide bonds. The predicted molar refractivity (Wildman–Crippen MR) is 123 cm³/mol. The van der Waals surface area contributed by atoms with Crippen LogP contribution in [0.4, 0.5) is 4.79 Å². The van der Waals surface area contributed by atoms with Gasteiger partial charge in [-0.15, -0.1) is 0 Å². The summed E-state index contributed by atoms with van der Waals surface area (Å²) in [6, 6.07) is 23.3. The average Bonchev–Trinajstić information content (AvgIpc) is 2.84. The average molecular weight is 431 g/mol. The number of benzene rings is 3. The maximum absolute atomic E-state index is 13.6. The SMILES string of the molecule is CCOC(=O)NC(C(C(=O)c1ccccc1)=C(O)c1ccccc1)c1ccc(OC)cc1. The fourth-order valence-electron chi connectivity index (χ4n) is 3.28. The van der Waals surface area contributed by atoms with Crippen LogP contribution in [-0.2, 0) is 4.74 Å². The van der Waals surface area contributed by atoms with Gasteiger partial charge in [-0.25, -0.2) is 4.79 Å². The summed E-state index contributed by atoms with van der Waals surface area (Å²) in [5.41, 5.74) is 1.45. The van der Waals surface area contributed by atoms with E-state index in [0.717, 1.165) is 0 Å². The third-order valence-electron chi connectivity index (χ3n) is 4.86. The largest absolute Gasteiger partial charge is 0.507 e. The number of Topliss-reactive ketones (excluding diaryl/α,β-unsaturated/α-hetero) is 1. The number of hydrogen-bond donors (Lipinski definition) is 2. The van der Waals surface area contributed by atoms with Crippen LogP contribution in [0.2, 0.25) is 0 Å². The first kappa shape index (κ1) is 22.6. The third-order valence-corrected chi connectivity index (χ3v) is 4.86. The molecular weight excluding hydrogens is 406 g/mol. The highest BCUT2D eigenvalue weighted by molar-refractivity contribution is 6.13. The van der Waals surface area contributed by atoms with E-state index in [2.05, 4.69) is 5.32 Å². The summed E-state index contributed by atoms with van der Waals surface area (Å²) in [7, 11) is 1.55. The molecule has 0 bridgehead atoms. The molecule has 3 aromatic rings. The number of ketones is 1. The Balaban J connectivity index is 2.19. The number of alkyl carbamates (subject to hydrolysis) is 1. The molecule has 1 atom stereocenters. The molecule has 1 unspecified atom stereocenters. The van der Waals surface area contributed by atoms with Gasteiger partial charge in [0.2, 0.25) is 0 Å². The summed E-state index contributed by atoms with van der Waals surface area (Å²) in [5, 5.41) is 14.0. The summed E-state index contributed by atoms with van der Waals surface area (Å²) in [6.07, 6.45) is -0.701. The van der Waals surface area contributed by atoms with Gasteiger partial charge in [-0.2, -0.15) is 0 Å². The molecule has 0 aromatic heterocycles. The maximum atomic E-state index is 13.6. The lowest BCUT2D eigenvalue weighted by atomic mass is 9.89. The lowest BCUT2D eigenvalue weighted by molar-refractivity contribution is 0.102. The van der Waals surface area contributed by atoms with Crippen LogP contribution >= 0.6 is 0 Å². The monoisotopic (exact) mass is 431 g/mol. The van der Waals surface area contributed by atoms with Crippen LogP contribution in [0.15, 0.2) is 90.5 Å². The van der Waals surface area contributed by atoms with E-state index in [-0.39, 0.29) is 17.9 Å². The second kappa shape index (κ2) is 10.8. The molecule has 0 saturated carbocycles. The second-order valence-corrected chi connectivity index (χ2v) is 6.89. The van der Waals surface area contributed by atoms with E-state index < -0.39 is 17.9 Å². The number of carbonyl (C=O) groups excluding carboxylic acids is 2. The van der Waals surface area contributed by atoms with Gasteiger partial charge in [0.25, 0.3) is 0 Å². The minimum Gasteiger partial charge on any atom is -0.507 e. The highest BCUT2D eigenvalue weighted by Gasteiger charge is 2.30. The van der Waals surface area contributed by atoms with E-state index in [9.17, 15) is 14.7 Å². The number of amides is 1. The second-order valence-electron chi connectivity index (χ2n) is 6.89. The van der Waals surface area contributed by atoms with E-state index in [4.69, 9.17) is 9.47 Å². The van der Waals surface area contributed by atoms with Crippen molar-refractivity contribution in [3.8, 4) is 5.75 Å². The van der Waals surface area contributed by atoms with Crippen LogP contribution in [0.3, 0.4) is 0 Å². The zero-order chi connectivity index (χ0) is 22.9. The molecule has 3 rings (SSSR count). The van der Waals surface area contributed by atoms with Crippen LogP contribution in [-0.4, -0.2) is 30.7 Å². The number of methoxy groups -OCH3 is 1. The Bertz CT molecular complexity index is 1080. The van der Waals surface area contributed by atoms with Crippen molar-refractivity contribution in [1.82, 2.24) is 5.32 Å². The number of hydrogen-bond acceptors (Lipinski definition) is 5. The minimum atomic E-state index is -0.965. The smallest absolute Gasteiger partial charge is 0.407 e. The summed E-state index contributed by atoms with van der Waals surface area (Å²) in [5.74, 6) is -0.0162. The van der Waals surface area contributed by atoms with Gasteiger partial charge < -0.3 is 19.9 Å². The van der Waals surface area contributed by atoms with Gasteiger partial charge in [0.05, 0.1) is 25.3 Å². The number of nitrogens with one attached hydrogen (secondary N) is 1. The molecule has 0 spiro atoms. The molecule has 3 aromatic carbocycles. The van der Waals surface area contributed by atoms with Crippen molar-refractivity contribution in [2.75, 3.05) is 13.7 Å². The van der Waals surface area contributed by atoms with Gasteiger partial charge in [-0.3, -0.25) is 4.79 Å². The van der Waals surface area contributed by atoms with Crippen molar-refractivity contribution in [2.45, 2.75) is 13.0 Å². The molecule has 0 fully saturated rings. The molecule has 0 radical (unpaired) electrons. The van der Waals surface area contributed by atoms with Gasteiger partial charge in [-0.1, -0.05) is 72.8 Å². The Morgan fingerprint density at radius 3 is 1.97 bits per heavy atom. The van der Waals surface area contributed by atoms with Crippen LogP contribution in [0.1, 0.15) is 34.5 Å². The van der Waals surface area contributed by atoms with Crippen molar-refractivity contribution in [3.05, 3.63) is 107 Å². The quantitative estimate of drug-likeness (QED) is 0.286. The van der Waals surface area contributed by atoms with Gasteiger partial charge in [0, 0.05) is 11.1 Å². The fourth-order valence-corrected chi connectivity index (χ4v) is 3.28. The molecule has 164 valence electrons. The molecule has 2 N–H and O–H groups in total. The van der Waals surface area contributed by atoms with Crippen LogP contribution in [0.25, 0.3) is 5.76 Å². The molecule has 6 heteroatoms. The lowest BCUT2D eigenvalue weighted by Crippen LogP contribution is -2.33. The van der Waals surface area contributed by atoms with Crippen molar-refractivity contribution in [1.29, 1.82) is 0 Å². The fraction of sp³-hybridized carbons (Fsp3) is 0.154. The Labute approximate surface area is 187 Å². The summed E-state index contributed by atoms with van der Waals surface area (Å²) < 4.78 is 10.3. The highest BCUT2D eigenvalue weighted by atomic mass is 16.5. The minimum absolute atomic E-state index is 0.0284. The Kier molecular flexibility index (Phi) is 7.65. The topological polar surface area (TPSA) is 84.9 Å². The molecule has 0 saturated heterocycles. The van der Waals surface area contributed by atoms with Gasteiger partial charge >= 0.3 is 6.09 Å². The lowest BCUT2D eigenvalue weighted by Gasteiger charge is -2.23. The van der Waals surface area contributed by atoms with E-state index in [1.165, 1.54) is 0 Å². The zero-order valence-corrected chi connectivity index (χ0v) is 17.9. The Morgan fingerprint density at radius 1 is 0.875 bits per heavy atom. The van der Waals surface area contributed by atoms with Crippen LogP contribution in [0.5, 0.6) is 5.75 Å². The van der Waals surface area contributed by atoms with Crippen molar-refractivity contribution in [3.63, 3.8) is 0 Å². The van der Waals surface area contributed by atoms with E-state index in [1.807, 2.05) is 6.07 Å². The molecule has 32 heavy (non-hydrogen) atoms. The number of aliphatic hydroxyl groups excluding tert-OH is 1. The first-order valence-electron chi connectivity index (χ1n) is 10.2. The van der Waals surface area contributed by atoms with Gasteiger partial charge in [0.15, 0.2) is 5.78 Å². The van der Waals surface area contributed by atoms with Gasteiger partial charge in [0.1, 0.15) is 11.5 Å². The molecule has 0 aliphatic heterocycles. The number of ether oxygens (including phenoxy) is 2. The maximum Gasteiger partial charge on any atom is 0.407 e. The highest BCUT2D eigenvalue weighted by Crippen LogP contribution is 2.32. The summed E-state index contributed by atoms with van der Waals surface area (Å²) in [6.45, 7) is 1.85. The Morgan fingerprint density at radius 2 is 1.44 bits per heavy atom. The first-order valence-corrected chi connectivity index (χ1v) is 10.2. The molecule has 6 nitrogen and oxygen atoms in total. The first-order chi connectivity index (χ1) is 15.5. The number of rotatable bonds is 8. The van der Waals surface area contributed by atoms with Crippen LogP contribution in [0, 0.1) is 0 Å². The van der Waals surface area contributed by atoms with E-state index in [0.29, 0.717) is 22.4 Å². The Hall–Kier alpha value is -4.06. The molecule has 0 aliphatic rings. The van der Waals surface area contributed by atoms with Crippen molar-refractivity contribution >= 4 is 17.6 Å². The summed E-state index contributed by atoms with van der Waals surface area (Å²) in [4.78, 5) is 26.0. The van der Waals surface area contributed by atoms with Crippen molar-refractivity contribution in [2.24, 2.45) is 0 Å². The van der Waals surface area contributed by atoms with Crippen molar-refractivity contribution < 1.29 is 24.2 Å². The van der Waals surface area contributed by atoms with Crippen LogP contribution < -0.4 is 10.1 Å². The van der Waals surface area contributed by atoms with E-state index >= 15 is 0 Å². The molecular formula is C26H25NO5. The number of carbonyl (C=O) groups is 2. The third kappa shape index (κ3) is 5.35. The van der Waals surface area contributed by atoms with E-state index in [1.54, 1.807) is 92.9 Å². The molecule has 0 aliphatic carbocycles. The zero-order valence-electron chi connectivity index (χ0n) is 17.9. The number of aliphatic hydroxyl groups is 1. The standard InChI is InChI=1S/C26H25NO5/c1-3-32-26(30)27-23(18-14-16-21(31-2)17-15-18)22(24(28)19-10-6-4-7-11-19)25(29)20-12-8-5-9-13-20/h4-17,23,28H,3H2,1-2H3,(H,27,30). The predicted octanol–water partition coefficient (Wildman–Crippen LogP) is 5.33. The van der Waals surface area contributed by atoms with Gasteiger partial charge in [-0.05, 0) is 24.6 Å². The molecule has 0 heterocycles.